The fourth-order valence-electron chi connectivity index (χ4n) is 2.83. The fraction of sp³-hybridized carbons (Fsp3) is 0.136. The van der Waals surface area contributed by atoms with Crippen molar-refractivity contribution >= 4 is 62.5 Å². The molecule has 0 aliphatic rings. The lowest BCUT2D eigenvalue weighted by Gasteiger charge is -2.15. The van der Waals surface area contributed by atoms with Gasteiger partial charge in [0.25, 0.3) is 5.91 Å². The lowest BCUT2D eigenvalue weighted by atomic mass is 10.1. The number of anilines is 2. The molecule has 3 nitrogen and oxygen atoms in total. The molecule has 0 aliphatic heterocycles. The minimum atomic E-state index is -0.0827. The molecule has 138 valence electrons. The number of carbonyl (C=O) groups is 1. The van der Waals surface area contributed by atoms with Crippen molar-refractivity contribution in [1.82, 2.24) is 5.32 Å². The first-order chi connectivity index (χ1) is 12.9. The third-order valence-electron chi connectivity index (χ3n) is 4.22. The summed E-state index contributed by atoms with van der Waals surface area (Å²) >= 11 is 4.53. The van der Waals surface area contributed by atoms with E-state index >= 15 is 0 Å². The molecule has 0 fully saturated rings. The summed E-state index contributed by atoms with van der Waals surface area (Å²) in [6.07, 6.45) is 0. The SMILES string of the molecule is Cc1cccc(CNC(=O)c2cc(I)ccc2Nc2ccc(I)cc2C)c1. The summed E-state index contributed by atoms with van der Waals surface area (Å²) < 4.78 is 2.22. The largest absolute Gasteiger partial charge is 0.355 e. The summed E-state index contributed by atoms with van der Waals surface area (Å²) in [4.78, 5) is 12.8. The van der Waals surface area contributed by atoms with Crippen LogP contribution in [0, 0.1) is 21.0 Å². The number of nitrogens with one attached hydrogen (secondary N) is 2. The molecule has 5 heteroatoms. The van der Waals surface area contributed by atoms with Crippen LogP contribution in [0.2, 0.25) is 0 Å². The minimum absolute atomic E-state index is 0.0827. The Morgan fingerprint density at radius 3 is 2.30 bits per heavy atom. The highest BCUT2D eigenvalue weighted by molar-refractivity contribution is 14.1. The monoisotopic (exact) mass is 582 g/mol. The maximum Gasteiger partial charge on any atom is 0.253 e. The van der Waals surface area contributed by atoms with E-state index in [4.69, 9.17) is 0 Å². The van der Waals surface area contributed by atoms with Crippen molar-refractivity contribution in [2.45, 2.75) is 20.4 Å². The van der Waals surface area contributed by atoms with Crippen LogP contribution in [0.25, 0.3) is 0 Å². The Morgan fingerprint density at radius 2 is 1.59 bits per heavy atom. The van der Waals surface area contributed by atoms with Gasteiger partial charge in [-0.1, -0.05) is 29.8 Å². The quantitative estimate of drug-likeness (QED) is 0.353. The van der Waals surface area contributed by atoms with E-state index in [0.29, 0.717) is 12.1 Å². The smallest absolute Gasteiger partial charge is 0.253 e. The van der Waals surface area contributed by atoms with Gasteiger partial charge in [0.1, 0.15) is 0 Å². The van der Waals surface area contributed by atoms with Gasteiger partial charge >= 0.3 is 0 Å². The Hall–Kier alpha value is -1.61. The highest BCUT2D eigenvalue weighted by Gasteiger charge is 2.13. The van der Waals surface area contributed by atoms with Crippen molar-refractivity contribution in [2.24, 2.45) is 0 Å². The second-order valence-electron chi connectivity index (χ2n) is 6.45. The number of rotatable bonds is 5. The van der Waals surface area contributed by atoms with Crippen LogP contribution in [0.15, 0.2) is 60.7 Å². The molecule has 0 aliphatic carbocycles. The van der Waals surface area contributed by atoms with E-state index in [1.807, 2.05) is 36.4 Å². The molecule has 0 unspecified atom stereocenters. The Bertz CT molecular complexity index is 986. The van der Waals surface area contributed by atoms with Gasteiger partial charge in [-0.2, -0.15) is 0 Å². The van der Waals surface area contributed by atoms with Crippen LogP contribution in [-0.4, -0.2) is 5.91 Å². The van der Waals surface area contributed by atoms with Crippen LogP contribution in [0.5, 0.6) is 0 Å². The maximum atomic E-state index is 12.8. The van der Waals surface area contributed by atoms with Crippen LogP contribution < -0.4 is 10.6 Å². The predicted molar refractivity (Wildman–Crippen MR) is 129 cm³/mol. The van der Waals surface area contributed by atoms with E-state index in [1.54, 1.807) is 0 Å². The van der Waals surface area contributed by atoms with Gasteiger partial charge in [0.05, 0.1) is 11.3 Å². The van der Waals surface area contributed by atoms with Crippen LogP contribution in [-0.2, 0) is 6.54 Å². The molecular weight excluding hydrogens is 562 g/mol. The van der Waals surface area contributed by atoms with Gasteiger partial charge in [-0.25, -0.2) is 0 Å². The lowest BCUT2D eigenvalue weighted by molar-refractivity contribution is 0.0951. The zero-order chi connectivity index (χ0) is 19.4. The molecule has 27 heavy (non-hydrogen) atoms. The molecule has 0 radical (unpaired) electrons. The zero-order valence-corrected chi connectivity index (χ0v) is 19.5. The number of hydrogen-bond donors (Lipinski definition) is 2. The fourth-order valence-corrected chi connectivity index (χ4v) is 3.96. The summed E-state index contributed by atoms with van der Waals surface area (Å²) in [7, 11) is 0. The highest BCUT2D eigenvalue weighted by Crippen LogP contribution is 2.26. The van der Waals surface area contributed by atoms with Gasteiger partial charge in [0, 0.05) is 19.4 Å². The molecule has 0 aromatic heterocycles. The number of carbonyl (C=O) groups excluding carboxylic acids is 1. The zero-order valence-electron chi connectivity index (χ0n) is 15.1. The van der Waals surface area contributed by atoms with Crippen LogP contribution in [0.1, 0.15) is 27.0 Å². The second-order valence-corrected chi connectivity index (χ2v) is 8.94. The number of benzene rings is 3. The average Bonchev–Trinajstić information content (AvgIpc) is 2.63. The van der Waals surface area contributed by atoms with Crippen LogP contribution >= 0.6 is 45.2 Å². The molecule has 3 aromatic carbocycles. The summed E-state index contributed by atoms with van der Waals surface area (Å²) in [5.74, 6) is -0.0827. The molecule has 0 atom stereocenters. The average molecular weight is 582 g/mol. The van der Waals surface area contributed by atoms with E-state index in [9.17, 15) is 4.79 Å². The van der Waals surface area contributed by atoms with Crippen LogP contribution in [0.4, 0.5) is 11.4 Å². The third-order valence-corrected chi connectivity index (χ3v) is 5.56. The second kappa shape index (κ2) is 9.05. The Balaban J connectivity index is 1.81. The Labute approximate surface area is 187 Å². The summed E-state index contributed by atoms with van der Waals surface area (Å²) in [5, 5.41) is 6.45. The van der Waals surface area contributed by atoms with E-state index in [0.717, 1.165) is 26.1 Å². The maximum absolute atomic E-state index is 12.8. The molecule has 1 amide bonds. The third kappa shape index (κ3) is 5.44. The van der Waals surface area contributed by atoms with E-state index in [2.05, 4.69) is 93.9 Å². The van der Waals surface area contributed by atoms with Gasteiger partial charge in [0.15, 0.2) is 0 Å². The number of halogens is 2. The molecule has 0 saturated heterocycles. The summed E-state index contributed by atoms with van der Waals surface area (Å²) in [6, 6.07) is 20.3. The molecule has 0 saturated carbocycles. The van der Waals surface area contributed by atoms with E-state index < -0.39 is 0 Å². The van der Waals surface area contributed by atoms with Gasteiger partial charge in [-0.05, 0) is 107 Å². The van der Waals surface area contributed by atoms with Crippen molar-refractivity contribution in [2.75, 3.05) is 5.32 Å². The van der Waals surface area contributed by atoms with Crippen molar-refractivity contribution in [3.8, 4) is 0 Å². The van der Waals surface area contributed by atoms with Gasteiger partial charge < -0.3 is 10.6 Å². The summed E-state index contributed by atoms with van der Waals surface area (Å²) in [6.45, 7) is 4.62. The first kappa shape index (κ1) is 20.1. The van der Waals surface area contributed by atoms with Crippen molar-refractivity contribution in [3.63, 3.8) is 0 Å². The van der Waals surface area contributed by atoms with Gasteiger partial charge in [-0.15, -0.1) is 0 Å². The number of aryl methyl sites for hydroxylation is 2. The first-order valence-electron chi connectivity index (χ1n) is 8.59. The van der Waals surface area contributed by atoms with Crippen molar-refractivity contribution in [1.29, 1.82) is 0 Å². The van der Waals surface area contributed by atoms with E-state index in [-0.39, 0.29) is 5.91 Å². The molecule has 2 N–H and O–H groups in total. The molecule has 0 heterocycles. The lowest BCUT2D eigenvalue weighted by Crippen LogP contribution is -2.24. The van der Waals surface area contributed by atoms with Crippen LogP contribution in [0.3, 0.4) is 0 Å². The van der Waals surface area contributed by atoms with Gasteiger partial charge in [-0.3, -0.25) is 4.79 Å². The standard InChI is InChI=1S/C22H20I2N2O/c1-14-4-3-5-16(10-14)13-25-22(27)19-12-18(24)7-9-21(19)26-20-8-6-17(23)11-15(20)2/h3-12,26H,13H2,1-2H3,(H,25,27). The first-order valence-corrected chi connectivity index (χ1v) is 10.7. The molecule has 0 bridgehead atoms. The van der Waals surface area contributed by atoms with Crippen molar-refractivity contribution in [3.05, 3.63) is 90.1 Å². The number of amides is 1. The topological polar surface area (TPSA) is 41.1 Å². The number of hydrogen-bond acceptors (Lipinski definition) is 2. The molecular formula is C22H20I2N2O. The summed E-state index contributed by atoms with van der Waals surface area (Å²) in [5.41, 5.74) is 5.88. The van der Waals surface area contributed by atoms with E-state index in [1.165, 1.54) is 9.13 Å². The Morgan fingerprint density at radius 1 is 0.889 bits per heavy atom. The normalized spacial score (nSPS) is 10.5. The molecule has 3 rings (SSSR count). The predicted octanol–water partition coefficient (Wildman–Crippen LogP) is 6.19. The minimum Gasteiger partial charge on any atom is -0.355 e. The highest BCUT2D eigenvalue weighted by atomic mass is 127. The molecule has 3 aromatic rings. The molecule has 0 spiro atoms. The van der Waals surface area contributed by atoms with Gasteiger partial charge in [0.2, 0.25) is 0 Å². The van der Waals surface area contributed by atoms with Crippen molar-refractivity contribution < 1.29 is 4.79 Å². The Kier molecular flexibility index (Phi) is 6.75.